The zero-order valence-electron chi connectivity index (χ0n) is 22.4. The molecule has 2 aromatic carbocycles. The van der Waals surface area contributed by atoms with Gasteiger partial charge in [-0.3, -0.25) is 9.29 Å². The van der Waals surface area contributed by atoms with Crippen molar-refractivity contribution in [3.05, 3.63) is 81.4 Å². The largest absolute Gasteiger partial charge is 0.478 e. The molecular weight excluding hydrogens is 461 g/mol. The van der Waals surface area contributed by atoms with Gasteiger partial charge >= 0.3 is 5.97 Å². The number of nitrogens with zero attached hydrogens (tertiary/aromatic N) is 1. The van der Waals surface area contributed by atoms with Crippen LogP contribution in [0.2, 0.25) is 0 Å². The first-order chi connectivity index (χ1) is 17.8. The van der Waals surface area contributed by atoms with Crippen LogP contribution in [0.4, 0.5) is 4.39 Å². The summed E-state index contributed by atoms with van der Waals surface area (Å²) >= 11 is 0. The summed E-state index contributed by atoms with van der Waals surface area (Å²) in [7, 11) is 0. The van der Waals surface area contributed by atoms with Crippen LogP contribution in [0.5, 0.6) is 0 Å². The third-order valence-electron chi connectivity index (χ3n) is 8.56. The van der Waals surface area contributed by atoms with E-state index in [1.54, 1.807) is 11.6 Å². The van der Waals surface area contributed by atoms with Gasteiger partial charge in [0.05, 0.1) is 12.2 Å². The highest BCUT2D eigenvalue weighted by Crippen LogP contribution is 2.47. The van der Waals surface area contributed by atoms with Crippen molar-refractivity contribution in [2.75, 3.05) is 26.3 Å². The number of hydrogen-bond acceptors (Lipinski definition) is 2. The average Bonchev–Trinajstić information content (AvgIpc) is 3.04. The molecule has 4 heteroatoms. The molecule has 2 aliphatic carbocycles. The third kappa shape index (κ3) is 5.90. The van der Waals surface area contributed by atoms with Crippen molar-refractivity contribution in [3.8, 4) is 0 Å². The molecule has 0 amide bonds. The molecule has 0 spiro atoms. The van der Waals surface area contributed by atoms with Crippen LogP contribution in [-0.2, 0) is 6.42 Å². The Balaban J connectivity index is 1.50. The third-order valence-corrected chi connectivity index (χ3v) is 8.56. The molecule has 1 saturated heterocycles. The van der Waals surface area contributed by atoms with Crippen LogP contribution in [0.25, 0.3) is 11.6 Å². The van der Waals surface area contributed by atoms with Crippen molar-refractivity contribution >= 4 is 17.6 Å². The number of halogens is 1. The van der Waals surface area contributed by atoms with Gasteiger partial charge in [0.2, 0.25) is 0 Å². The summed E-state index contributed by atoms with van der Waals surface area (Å²) in [6.45, 7) is 7.29. The Morgan fingerprint density at radius 2 is 1.89 bits per heavy atom. The number of rotatable bonds is 7. The molecule has 37 heavy (non-hydrogen) atoms. The van der Waals surface area contributed by atoms with Crippen molar-refractivity contribution in [1.29, 1.82) is 0 Å². The number of allylic oxidation sites excluding steroid dienone is 1. The summed E-state index contributed by atoms with van der Waals surface area (Å²) in [5.74, 6) is -0.278. The lowest BCUT2D eigenvalue weighted by Crippen LogP contribution is -2.40. The summed E-state index contributed by atoms with van der Waals surface area (Å²) in [5, 5.41) is 9.60. The predicted molar refractivity (Wildman–Crippen MR) is 150 cm³/mol. The lowest BCUT2D eigenvalue weighted by atomic mass is 9.68. The van der Waals surface area contributed by atoms with Crippen LogP contribution in [0.3, 0.4) is 0 Å². The fraction of sp³-hybridized carbons (Fsp3) is 0.485. The number of hydrogen-bond donors (Lipinski definition) is 1. The molecule has 5 rings (SSSR count). The molecule has 0 radical (unpaired) electrons. The molecule has 1 atom stereocenters. The second-order valence-corrected chi connectivity index (χ2v) is 12.1. The summed E-state index contributed by atoms with van der Waals surface area (Å²) in [6, 6.07) is 14.7. The molecule has 1 heterocycles. The molecule has 1 unspecified atom stereocenters. The van der Waals surface area contributed by atoms with Gasteiger partial charge in [-0.1, -0.05) is 62.2 Å². The van der Waals surface area contributed by atoms with Crippen molar-refractivity contribution in [2.24, 2.45) is 11.3 Å². The minimum Gasteiger partial charge on any atom is -0.478 e. The lowest BCUT2D eigenvalue weighted by Gasteiger charge is -2.37. The van der Waals surface area contributed by atoms with Crippen molar-refractivity contribution in [1.82, 2.24) is 4.90 Å². The average molecular weight is 502 g/mol. The number of benzene rings is 2. The molecule has 196 valence electrons. The highest BCUT2D eigenvalue weighted by Gasteiger charge is 2.32. The fourth-order valence-electron chi connectivity index (χ4n) is 6.73. The topological polar surface area (TPSA) is 40.5 Å². The van der Waals surface area contributed by atoms with E-state index in [2.05, 4.69) is 55.2 Å². The SMILES string of the molecule is CC1(C)CCCC(C2=C(c3ccc(C=C4CN(CCCF)C4)cc3)c3ccc(C(=O)O)cc3CCC2)C1. The van der Waals surface area contributed by atoms with Crippen molar-refractivity contribution < 1.29 is 14.3 Å². The van der Waals surface area contributed by atoms with Gasteiger partial charge in [-0.05, 0) is 102 Å². The van der Waals surface area contributed by atoms with Crippen LogP contribution in [0.15, 0.2) is 53.6 Å². The Morgan fingerprint density at radius 1 is 1.11 bits per heavy atom. The molecule has 0 aromatic heterocycles. The molecule has 2 fully saturated rings. The maximum Gasteiger partial charge on any atom is 0.335 e. The molecular formula is C33H40FNO2. The van der Waals surface area contributed by atoms with E-state index in [1.807, 2.05) is 6.07 Å². The zero-order valence-corrected chi connectivity index (χ0v) is 22.4. The summed E-state index contributed by atoms with van der Waals surface area (Å²) in [5.41, 5.74) is 9.88. The minimum atomic E-state index is -0.858. The maximum absolute atomic E-state index is 12.4. The molecule has 3 aliphatic rings. The van der Waals surface area contributed by atoms with Crippen LogP contribution < -0.4 is 0 Å². The smallest absolute Gasteiger partial charge is 0.335 e. The highest BCUT2D eigenvalue weighted by molar-refractivity contribution is 5.90. The first kappa shape index (κ1) is 25.9. The molecule has 1 saturated carbocycles. The Hall–Kier alpha value is -2.72. The summed E-state index contributed by atoms with van der Waals surface area (Å²) in [4.78, 5) is 14.0. The van der Waals surface area contributed by atoms with E-state index in [4.69, 9.17) is 0 Å². The van der Waals surface area contributed by atoms with Gasteiger partial charge in [0, 0.05) is 19.6 Å². The van der Waals surface area contributed by atoms with Gasteiger partial charge in [0.15, 0.2) is 0 Å². The van der Waals surface area contributed by atoms with E-state index >= 15 is 0 Å². The van der Waals surface area contributed by atoms with Gasteiger partial charge in [0.1, 0.15) is 0 Å². The van der Waals surface area contributed by atoms with E-state index in [-0.39, 0.29) is 6.67 Å². The van der Waals surface area contributed by atoms with E-state index in [0.29, 0.717) is 23.3 Å². The molecule has 2 aromatic rings. The Labute approximate surface area is 221 Å². The van der Waals surface area contributed by atoms with Gasteiger partial charge in [-0.2, -0.15) is 0 Å². The van der Waals surface area contributed by atoms with Gasteiger partial charge < -0.3 is 5.11 Å². The molecule has 1 aliphatic heterocycles. The minimum absolute atomic E-state index is 0.242. The second kappa shape index (κ2) is 10.9. The quantitative estimate of drug-likeness (QED) is 0.421. The number of alkyl halides is 1. The first-order valence-electron chi connectivity index (χ1n) is 14.0. The summed E-state index contributed by atoms with van der Waals surface area (Å²) < 4.78 is 12.4. The number of carboxylic acids is 1. The zero-order chi connectivity index (χ0) is 26.0. The van der Waals surface area contributed by atoms with Gasteiger partial charge in [-0.25, -0.2) is 4.79 Å². The van der Waals surface area contributed by atoms with Crippen molar-refractivity contribution in [3.63, 3.8) is 0 Å². The fourth-order valence-corrected chi connectivity index (χ4v) is 6.73. The molecule has 3 nitrogen and oxygen atoms in total. The Bertz CT molecular complexity index is 1200. The number of carbonyl (C=O) groups is 1. The summed E-state index contributed by atoms with van der Waals surface area (Å²) in [6.07, 6.45) is 11.0. The van der Waals surface area contributed by atoms with Crippen LogP contribution >= 0.6 is 0 Å². The normalized spacial score (nSPS) is 21.7. The monoisotopic (exact) mass is 501 g/mol. The van der Waals surface area contributed by atoms with E-state index in [9.17, 15) is 14.3 Å². The van der Waals surface area contributed by atoms with Crippen LogP contribution in [-0.4, -0.2) is 42.3 Å². The van der Waals surface area contributed by atoms with Gasteiger partial charge in [-0.15, -0.1) is 0 Å². The van der Waals surface area contributed by atoms with Gasteiger partial charge in [0.25, 0.3) is 0 Å². The van der Waals surface area contributed by atoms with Crippen LogP contribution in [0, 0.1) is 11.3 Å². The Kier molecular flexibility index (Phi) is 7.67. The standard InChI is InChI=1S/C33H40FNO2/c1-33(2)15-4-7-28(20-33)29-8-3-6-26-19-27(32(36)37)13-14-30(26)31(29)25-11-9-23(10-12-25)18-24-21-35(22-24)17-5-16-34/h9-14,18-19,28H,3-8,15-17,20-22H2,1-2H3,(H,36,37). The van der Waals surface area contributed by atoms with E-state index < -0.39 is 5.97 Å². The van der Waals surface area contributed by atoms with Crippen molar-refractivity contribution in [2.45, 2.75) is 65.2 Å². The molecule has 0 bridgehead atoms. The lowest BCUT2D eigenvalue weighted by molar-refractivity contribution is 0.0696. The highest BCUT2D eigenvalue weighted by atomic mass is 19.1. The maximum atomic E-state index is 12.4. The van der Waals surface area contributed by atoms with Crippen LogP contribution in [0.1, 0.15) is 91.4 Å². The number of aromatic carboxylic acids is 1. The number of fused-ring (bicyclic) bond motifs is 1. The predicted octanol–water partition coefficient (Wildman–Crippen LogP) is 7.80. The number of carboxylic acid groups (broad SMARTS) is 1. The first-order valence-corrected chi connectivity index (χ1v) is 14.0. The van der Waals surface area contributed by atoms with E-state index in [1.165, 1.54) is 53.5 Å². The number of likely N-dealkylation sites (tertiary alicyclic amines) is 1. The number of aryl methyl sites for hydroxylation is 1. The van der Waals surface area contributed by atoms with E-state index in [0.717, 1.165) is 44.5 Å². The molecule has 1 N–H and O–H groups in total. The Morgan fingerprint density at radius 3 is 2.59 bits per heavy atom. The second-order valence-electron chi connectivity index (χ2n) is 12.1.